The van der Waals surface area contributed by atoms with E-state index in [0.717, 1.165) is 11.0 Å². The van der Waals surface area contributed by atoms with Gasteiger partial charge < -0.3 is 0 Å². The molecule has 18 heavy (non-hydrogen) atoms. The maximum atomic E-state index is 11.6. The first-order chi connectivity index (χ1) is 8.41. The van der Waals surface area contributed by atoms with Gasteiger partial charge in [-0.05, 0) is 13.0 Å². The van der Waals surface area contributed by atoms with Gasteiger partial charge in [-0.3, -0.25) is 29.4 Å². The highest BCUT2D eigenvalue weighted by molar-refractivity contribution is 6.52. The highest BCUT2D eigenvalue weighted by atomic mass is 16.6. The summed E-state index contributed by atoms with van der Waals surface area (Å²) in [7, 11) is 0. The van der Waals surface area contributed by atoms with Gasteiger partial charge in [0.25, 0.3) is 17.4 Å². The Morgan fingerprint density at radius 3 is 2.61 bits per heavy atom. The Morgan fingerprint density at radius 1 is 1.39 bits per heavy atom. The topological polar surface area (TPSA) is 97.6 Å². The van der Waals surface area contributed by atoms with Crippen molar-refractivity contribution in [2.45, 2.75) is 6.92 Å². The zero-order valence-electron chi connectivity index (χ0n) is 9.37. The van der Waals surface area contributed by atoms with Crippen LogP contribution in [-0.4, -0.2) is 28.9 Å². The standard InChI is InChI=1S/C11H8N2O5/c1-6(14)5-12-9-3-2-7(13(17)18)4-8(9)10(15)11(12)16/h2-4H,5H2,1H3. The van der Waals surface area contributed by atoms with Gasteiger partial charge in [-0.25, -0.2) is 0 Å². The molecule has 0 unspecified atom stereocenters. The van der Waals surface area contributed by atoms with Gasteiger partial charge in [0.2, 0.25) is 0 Å². The van der Waals surface area contributed by atoms with Crippen molar-refractivity contribution in [3.05, 3.63) is 33.9 Å². The zero-order chi connectivity index (χ0) is 13.4. The number of nitrogens with zero attached hydrogens (tertiary/aromatic N) is 2. The quantitative estimate of drug-likeness (QED) is 0.445. The summed E-state index contributed by atoms with van der Waals surface area (Å²) in [5.41, 5.74) is -0.0548. The lowest BCUT2D eigenvalue weighted by atomic mass is 10.1. The summed E-state index contributed by atoms with van der Waals surface area (Å²) < 4.78 is 0. The molecule has 1 amide bonds. The van der Waals surface area contributed by atoms with Crippen LogP contribution >= 0.6 is 0 Å². The van der Waals surface area contributed by atoms with E-state index in [0.29, 0.717) is 0 Å². The van der Waals surface area contributed by atoms with Gasteiger partial charge in [-0.1, -0.05) is 0 Å². The monoisotopic (exact) mass is 248 g/mol. The molecule has 0 saturated heterocycles. The Balaban J connectivity index is 2.51. The third-order valence-corrected chi connectivity index (χ3v) is 2.55. The second-order valence-electron chi connectivity index (χ2n) is 3.88. The molecule has 1 aromatic carbocycles. The number of carbonyl (C=O) groups is 3. The lowest BCUT2D eigenvalue weighted by Crippen LogP contribution is -2.33. The molecule has 0 N–H and O–H groups in total. The van der Waals surface area contributed by atoms with Crippen LogP contribution in [0.2, 0.25) is 0 Å². The predicted molar refractivity (Wildman–Crippen MR) is 60.5 cm³/mol. The number of amides is 1. The molecular formula is C11H8N2O5. The number of anilines is 1. The van der Waals surface area contributed by atoms with Crippen LogP contribution in [0.3, 0.4) is 0 Å². The number of non-ortho nitro benzene ring substituents is 1. The number of carbonyl (C=O) groups excluding carboxylic acids is 3. The van der Waals surface area contributed by atoms with E-state index in [-0.39, 0.29) is 29.3 Å². The fraction of sp³-hybridized carbons (Fsp3) is 0.182. The SMILES string of the molecule is CC(=O)CN1C(=O)C(=O)c2cc([N+](=O)[O-])ccc21. The Bertz CT molecular complexity index is 593. The molecule has 7 nitrogen and oxygen atoms in total. The Hall–Kier alpha value is -2.57. The largest absolute Gasteiger partial charge is 0.299 e. The van der Waals surface area contributed by atoms with Crippen molar-refractivity contribution >= 4 is 28.8 Å². The molecule has 1 aromatic rings. The normalized spacial score (nSPS) is 13.7. The van der Waals surface area contributed by atoms with Crippen LogP contribution < -0.4 is 4.90 Å². The van der Waals surface area contributed by atoms with Crippen molar-refractivity contribution in [1.29, 1.82) is 0 Å². The molecule has 1 aliphatic rings. The van der Waals surface area contributed by atoms with Gasteiger partial charge in [-0.15, -0.1) is 0 Å². The second-order valence-corrected chi connectivity index (χ2v) is 3.88. The highest BCUT2D eigenvalue weighted by Crippen LogP contribution is 2.31. The minimum absolute atomic E-state index is 0.0320. The molecule has 0 aliphatic carbocycles. The minimum Gasteiger partial charge on any atom is -0.298 e. The number of nitro groups is 1. The summed E-state index contributed by atoms with van der Waals surface area (Å²) in [5, 5.41) is 10.6. The predicted octanol–water partition coefficient (Wildman–Crippen LogP) is 0.713. The second kappa shape index (κ2) is 4.02. The third kappa shape index (κ3) is 1.75. The van der Waals surface area contributed by atoms with Crippen LogP contribution in [0.25, 0.3) is 0 Å². The van der Waals surface area contributed by atoms with Crippen molar-refractivity contribution in [2.24, 2.45) is 0 Å². The van der Waals surface area contributed by atoms with E-state index < -0.39 is 16.6 Å². The summed E-state index contributed by atoms with van der Waals surface area (Å²) in [4.78, 5) is 45.3. The summed E-state index contributed by atoms with van der Waals surface area (Å²) >= 11 is 0. The van der Waals surface area contributed by atoms with Crippen LogP contribution in [0.1, 0.15) is 17.3 Å². The lowest BCUT2D eigenvalue weighted by molar-refractivity contribution is -0.384. The van der Waals surface area contributed by atoms with E-state index in [1.54, 1.807) is 0 Å². The molecule has 0 radical (unpaired) electrons. The molecule has 0 spiro atoms. The van der Waals surface area contributed by atoms with Crippen molar-refractivity contribution in [2.75, 3.05) is 11.4 Å². The maximum absolute atomic E-state index is 11.6. The summed E-state index contributed by atoms with van der Waals surface area (Å²) in [6, 6.07) is 3.55. The average molecular weight is 248 g/mol. The first-order valence-electron chi connectivity index (χ1n) is 5.06. The molecule has 0 bridgehead atoms. The van der Waals surface area contributed by atoms with Crippen molar-refractivity contribution in [1.82, 2.24) is 0 Å². The number of hydrogen-bond donors (Lipinski definition) is 0. The number of nitro benzene ring substituents is 1. The van der Waals surface area contributed by atoms with Gasteiger partial charge in [0.05, 0.1) is 22.7 Å². The number of rotatable bonds is 3. The molecular weight excluding hydrogens is 240 g/mol. The van der Waals surface area contributed by atoms with Crippen molar-refractivity contribution < 1.29 is 19.3 Å². The minimum atomic E-state index is -0.833. The van der Waals surface area contributed by atoms with Gasteiger partial charge in [0.1, 0.15) is 5.78 Å². The number of Topliss-reactive ketones (excluding diaryl/α,β-unsaturated/α-hetero) is 2. The lowest BCUT2D eigenvalue weighted by Gasteiger charge is -2.13. The molecule has 0 atom stereocenters. The third-order valence-electron chi connectivity index (χ3n) is 2.55. The van der Waals surface area contributed by atoms with Crippen LogP contribution in [0.15, 0.2) is 18.2 Å². The van der Waals surface area contributed by atoms with E-state index in [4.69, 9.17) is 0 Å². The van der Waals surface area contributed by atoms with E-state index in [2.05, 4.69) is 0 Å². The Kier molecular flexibility index (Phi) is 2.66. The number of ketones is 2. The average Bonchev–Trinajstić information content (AvgIpc) is 2.54. The van der Waals surface area contributed by atoms with Crippen LogP contribution in [0.5, 0.6) is 0 Å². The first-order valence-corrected chi connectivity index (χ1v) is 5.06. The smallest absolute Gasteiger partial charge is 0.298 e. The Morgan fingerprint density at radius 2 is 2.06 bits per heavy atom. The molecule has 0 aromatic heterocycles. The van der Waals surface area contributed by atoms with Crippen LogP contribution in [0.4, 0.5) is 11.4 Å². The van der Waals surface area contributed by atoms with E-state index in [1.165, 1.54) is 19.1 Å². The molecule has 1 heterocycles. The number of hydrogen-bond acceptors (Lipinski definition) is 5. The molecule has 7 heteroatoms. The van der Waals surface area contributed by atoms with Crippen LogP contribution in [-0.2, 0) is 9.59 Å². The van der Waals surface area contributed by atoms with E-state index in [1.807, 2.05) is 0 Å². The fourth-order valence-corrected chi connectivity index (χ4v) is 1.78. The molecule has 0 fully saturated rings. The van der Waals surface area contributed by atoms with Gasteiger partial charge in [0.15, 0.2) is 0 Å². The Labute approximate surface area is 101 Å². The number of fused-ring (bicyclic) bond motifs is 1. The fourth-order valence-electron chi connectivity index (χ4n) is 1.78. The first kappa shape index (κ1) is 11.9. The summed E-state index contributed by atoms with van der Waals surface area (Å²) in [5.74, 6) is -1.93. The highest BCUT2D eigenvalue weighted by Gasteiger charge is 2.37. The summed E-state index contributed by atoms with van der Waals surface area (Å²) in [6.45, 7) is 1.08. The van der Waals surface area contributed by atoms with Gasteiger partial charge >= 0.3 is 0 Å². The van der Waals surface area contributed by atoms with E-state index in [9.17, 15) is 24.5 Å². The van der Waals surface area contributed by atoms with Gasteiger partial charge in [0, 0.05) is 12.1 Å². The molecule has 92 valence electrons. The van der Waals surface area contributed by atoms with Crippen LogP contribution in [0, 0.1) is 10.1 Å². The summed E-state index contributed by atoms with van der Waals surface area (Å²) in [6.07, 6.45) is 0. The molecule has 0 saturated carbocycles. The van der Waals surface area contributed by atoms with Crippen molar-refractivity contribution in [3.8, 4) is 0 Å². The zero-order valence-corrected chi connectivity index (χ0v) is 9.37. The number of benzene rings is 1. The van der Waals surface area contributed by atoms with Gasteiger partial charge in [-0.2, -0.15) is 0 Å². The maximum Gasteiger partial charge on any atom is 0.299 e. The van der Waals surface area contributed by atoms with Crippen molar-refractivity contribution in [3.63, 3.8) is 0 Å². The molecule has 2 rings (SSSR count). The molecule has 1 aliphatic heterocycles. The van der Waals surface area contributed by atoms with E-state index >= 15 is 0 Å².